The van der Waals surface area contributed by atoms with E-state index in [0.717, 1.165) is 11.6 Å². The van der Waals surface area contributed by atoms with Gasteiger partial charge in [-0.3, -0.25) is 14.4 Å². The molecule has 0 bridgehead atoms. The van der Waals surface area contributed by atoms with Crippen LogP contribution < -0.4 is 16.2 Å². The summed E-state index contributed by atoms with van der Waals surface area (Å²) in [5.74, 6) is -0.795. The lowest BCUT2D eigenvalue weighted by atomic mass is 10.1. The molecule has 180 valence electrons. The topological polar surface area (TPSA) is 128 Å². The van der Waals surface area contributed by atoms with Crippen molar-refractivity contribution in [1.82, 2.24) is 19.9 Å². The molecule has 1 heterocycles. The van der Waals surface area contributed by atoms with Gasteiger partial charge >= 0.3 is 0 Å². The van der Waals surface area contributed by atoms with Crippen molar-refractivity contribution in [3.8, 4) is 0 Å². The van der Waals surface area contributed by atoms with E-state index in [1.807, 2.05) is 30.3 Å². The Labute approximate surface area is 198 Å². The number of H-pyrrole nitrogens is 1. The van der Waals surface area contributed by atoms with E-state index in [-0.39, 0.29) is 29.3 Å². The molecule has 0 saturated carbocycles. The fourth-order valence-electron chi connectivity index (χ4n) is 3.56. The quantitative estimate of drug-likeness (QED) is 0.405. The first-order chi connectivity index (χ1) is 16.3. The minimum atomic E-state index is -3.75. The first kappa shape index (κ1) is 25.1. The van der Waals surface area contributed by atoms with Gasteiger partial charge in [0.25, 0.3) is 5.91 Å². The molecular formula is C24H28N4O5S. The number of sulfonamides is 1. The van der Waals surface area contributed by atoms with E-state index in [1.54, 1.807) is 13.8 Å². The van der Waals surface area contributed by atoms with Crippen molar-refractivity contribution >= 4 is 32.7 Å². The fourth-order valence-corrected chi connectivity index (χ4v) is 5.05. The van der Waals surface area contributed by atoms with Crippen LogP contribution in [0.4, 0.5) is 0 Å². The van der Waals surface area contributed by atoms with E-state index in [9.17, 15) is 22.8 Å². The lowest BCUT2D eigenvalue weighted by Gasteiger charge is -2.19. The number of fused-ring (bicyclic) bond motifs is 1. The molecule has 3 N–H and O–H groups in total. The van der Waals surface area contributed by atoms with Crippen molar-refractivity contribution in [2.75, 3.05) is 19.6 Å². The van der Waals surface area contributed by atoms with Crippen molar-refractivity contribution in [2.24, 2.45) is 0 Å². The minimum absolute atomic E-state index is 0.0325. The molecule has 0 spiro atoms. The van der Waals surface area contributed by atoms with Crippen LogP contribution in [0.3, 0.4) is 0 Å². The van der Waals surface area contributed by atoms with Gasteiger partial charge in [0.2, 0.25) is 21.5 Å². The fraction of sp³-hybridized carbons (Fsp3) is 0.292. The molecule has 0 radical (unpaired) electrons. The van der Waals surface area contributed by atoms with E-state index >= 15 is 0 Å². The van der Waals surface area contributed by atoms with E-state index in [2.05, 4.69) is 15.6 Å². The smallest absolute Gasteiger partial charge is 0.252 e. The van der Waals surface area contributed by atoms with Crippen molar-refractivity contribution in [2.45, 2.75) is 31.7 Å². The number of amides is 2. The highest BCUT2D eigenvalue weighted by Crippen LogP contribution is 2.22. The molecule has 0 saturated heterocycles. The molecule has 0 unspecified atom stereocenters. The average Bonchev–Trinajstić information content (AvgIpc) is 2.83. The molecule has 9 nitrogen and oxygen atoms in total. The van der Waals surface area contributed by atoms with Crippen LogP contribution >= 0.6 is 0 Å². The second-order valence-corrected chi connectivity index (χ2v) is 9.55. The standard InChI is InChI=1S/C24H28N4O5S/c1-3-28(4-2)34(32,33)18-10-11-21-19(14-18)20(15-23(30)27-21)24(31)25-13-12-22(29)26-16-17-8-6-5-7-9-17/h5-11,14-15H,3-4,12-13,16H2,1-2H3,(H,25,31)(H,26,29)(H,27,30). The normalized spacial score (nSPS) is 11.5. The number of hydrogen-bond donors (Lipinski definition) is 3. The predicted octanol–water partition coefficient (Wildman–Crippen LogP) is 1.99. The van der Waals surface area contributed by atoms with Gasteiger partial charge in [0, 0.05) is 49.6 Å². The van der Waals surface area contributed by atoms with Crippen LogP contribution in [0.2, 0.25) is 0 Å². The molecule has 0 aliphatic heterocycles. The van der Waals surface area contributed by atoms with E-state index < -0.39 is 21.5 Å². The van der Waals surface area contributed by atoms with E-state index in [1.165, 1.54) is 22.5 Å². The SMILES string of the molecule is CCN(CC)S(=O)(=O)c1ccc2[nH]c(=O)cc(C(=O)NCCC(=O)NCc3ccccc3)c2c1. The summed E-state index contributed by atoms with van der Waals surface area (Å²) in [6, 6.07) is 14.8. The molecule has 3 aromatic rings. The minimum Gasteiger partial charge on any atom is -0.352 e. The number of carbonyl (C=O) groups is 2. The first-order valence-electron chi connectivity index (χ1n) is 11.0. The van der Waals surface area contributed by atoms with Gasteiger partial charge in [-0.1, -0.05) is 44.2 Å². The zero-order valence-electron chi connectivity index (χ0n) is 19.1. The summed E-state index contributed by atoms with van der Waals surface area (Å²) in [5.41, 5.74) is 0.861. The Bertz CT molecular complexity index is 1330. The number of nitrogens with zero attached hydrogens (tertiary/aromatic N) is 1. The maximum Gasteiger partial charge on any atom is 0.252 e. The largest absolute Gasteiger partial charge is 0.352 e. The summed E-state index contributed by atoms with van der Waals surface area (Å²) < 4.78 is 27.1. The average molecular weight is 485 g/mol. The van der Waals surface area contributed by atoms with Crippen molar-refractivity contribution in [3.63, 3.8) is 0 Å². The van der Waals surface area contributed by atoms with Gasteiger partial charge in [-0.2, -0.15) is 4.31 Å². The summed E-state index contributed by atoms with van der Waals surface area (Å²) in [6.07, 6.45) is 0.0568. The molecule has 2 aromatic carbocycles. The van der Waals surface area contributed by atoms with Crippen LogP contribution in [0.5, 0.6) is 0 Å². The van der Waals surface area contributed by atoms with Crippen LogP contribution in [0.1, 0.15) is 36.2 Å². The van der Waals surface area contributed by atoms with E-state index in [4.69, 9.17) is 0 Å². The molecule has 1 aromatic heterocycles. The molecule has 0 atom stereocenters. The Kier molecular flexibility index (Phi) is 8.19. The zero-order chi connectivity index (χ0) is 24.7. The third-order valence-corrected chi connectivity index (χ3v) is 7.42. The summed E-state index contributed by atoms with van der Waals surface area (Å²) in [6.45, 7) is 4.55. The Morgan fingerprint density at radius 3 is 2.35 bits per heavy atom. The summed E-state index contributed by atoms with van der Waals surface area (Å²) >= 11 is 0. The number of benzene rings is 2. The van der Waals surface area contributed by atoms with Crippen LogP contribution in [0.15, 0.2) is 64.3 Å². The molecule has 34 heavy (non-hydrogen) atoms. The summed E-state index contributed by atoms with van der Waals surface area (Å²) in [5, 5.41) is 5.72. The summed E-state index contributed by atoms with van der Waals surface area (Å²) in [7, 11) is -3.75. The molecule has 0 aliphatic rings. The number of aromatic amines is 1. The number of nitrogens with one attached hydrogen (secondary N) is 3. The van der Waals surface area contributed by atoms with Crippen molar-refractivity contribution in [3.05, 3.63) is 76.1 Å². The molecule has 0 fully saturated rings. The molecule has 0 aliphatic carbocycles. The molecular weight excluding hydrogens is 456 g/mol. The maximum atomic E-state index is 12.9. The lowest BCUT2D eigenvalue weighted by Crippen LogP contribution is -2.31. The number of aromatic nitrogens is 1. The van der Waals surface area contributed by atoms with Crippen LogP contribution in [0.25, 0.3) is 10.9 Å². The third kappa shape index (κ3) is 5.89. The van der Waals surface area contributed by atoms with Crippen molar-refractivity contribution < 1.29 is 18.0 Å². The monoisotopic (exact) mass is 484 g/mol. The number of pyridine rings is 1. The second-order valence-electron chi connectivity index (χ2n) is 7.61. The lowest BCUT2D eigenvalue weighted by molar-refractivity contribution is -0.121. The predicted molar refractivity (Wildman–Crippen MR) is 130 cm³/mol. The Hall–Kier alpha value is -3.50. The Morgan fingerprint density at radius 1 is 0.971 bits per heavy atom. The summed E-state index contributed by atoms with van der Waals surface area (Å²) in [4.78, 5) is 39.6. The second kappa shape index (κ2) is 11.1. The number of rotatable bonds is 10. The molecule has 2 amide bonds. The zero-order valence-corrected chi connectivity index (χ0v) is 19.9. The van der Waals surface area contributed by atoms with Gasteiger partial charge in [-0.25, -0.2) is 8.42 Å². The number of hydrogen-bond acceptors (Lipinski definition) is 5. The Balaban J connectivity index is 1.74. The van der Waals surface area contributed by atoms with Gasteiger partial charge in [-0.05, 0) is 23.8 Å². The van der Waals surface area contributed by atoms with Gasteiger partial charge < -0.3 is 15.6 Å². The number of carbonyl (C=O) groups excluding carboxylic acids is 2. The third-order valence-electron chi connectivity index (χ3n) is 5.37. The highest BCUT2D eigenvalue weighted by atomic mass is 32.2. The van der Waals surface area contributed by atoms with Gasteiger partial charge in [0.15, 0.2) is 0 Å². The van der Waals surface area contributed by atoms with Gasteiger partial charge in [-0.15, -0.1) is 0 Å². The molecule has 10 heteroatoms. The molecule has 3 rings (SSSR count). The highest BCUT2D eigenvalue weighted by Gasteiger charge is 2.23. The highest BCUT2D eigenvalue weighted by molar-refractivity contribution is 7.89. The van der Waals surface area contributed by atoms with Gasteiger partial charge in [0.1, 0.15) is 0 Å². The van der Waals surface area contributed by atoms with Gasteiger partial charge in [0.05, 0.1) is 10.5 Å². The van der Waals surface area contributed by atoms with Crippen LogP contribution in [-0.4, -0.2) is 49.2 Å². The van der Waals surface area contributed by atoms with Crippen LogP contribution in [0, 0.1) is 0 Å². The first-order valence-corrected chi connectivity index (χ1v) is 12.5. The van der Waals surface area contributed by atoms with Crippen molar-refractivity contribution in [1.29, 1.82) is 0 Å². The van der Waals surface area contributed by atoms with Crippen LogP contribution in [-0.2, 0) is 21.4 Å². The Morgan fingerprint density at radius 2 is 1.68 bits per heavy atom. The maximum absolute atomic E-state index is 12.9. The van der Waals surface area contributed by atoms with E-state index in [0.29, 0.717) is 30.5 Å².